The molecule has 11 heteroatoms. The lowest BCUT2D eigenvalue weighted by Crippen LogP contribution is -2.54. The molecule has 0 radical (unpaired) electrons. The molecule has 1 amide bonds. The summed E-state index contributed by atoms with van der Waals surface area (Å²) < 4.78 is 7.68. The topological polar surface area (TPSA) is 103 Å². The Morgan fingerprint density at radius 1 is 1.07 bits per heavy atom. The number of ether oxygens (including phenoxy) is 1. The van der Waals surface area contributed by atoms with Crippen LogP contribution in [0.3, 0.4) is 0 Å². The minimum atomic E-state index is -0.284. The lowest BCUT2D eigenvalue weighted by Gasteiger charge is -2.44. The number of nitrogens with zero attached hydrogens (tertiary/aromatic N) is 7. The highest BCUT2D eigenvalue weighted by molar-refractivity contribution is 6.05. The van der Waals surface area contributed by atoms with E-state index < -0.39 is 0 Å². The van der Waals surface area contributed by atoms with Gasteiger partial charge in [0.05, 0.1) is 41.6 Å². The molecule has 244 valence electrons. The van der Waals surface area contributed by atoms with Crippen LogP contribution in [0, 0.1) is 0 Å². The van der Waals surface area contributed by atoms with Gasteiger partial charge in [-0.3, -0.25) is 19.3 Å². The zero-order valence-electron chi connectivity index (χ0n) is 27.8. The van der Waals surface area contributed by atoms with Gasteiger partial charge in [0.1, 0.15) is 5.75 Å². The number of nitrogens with one attached hydrogen (secondary N) is 2. The average molecular weight is 626 g/mol. The van der Waals surface area contributed by atoms with E-state index in [1.165, 1.54) is 6.08 Å². The number of piperazine rings is 1. The van der Waals surface area contributed by atoms with E-state index >= 15 is 0 Å². The first kappa shape index (κ1) is 32.9. The second-order valence-corrected chi connectivity index (χ2v) is 12.1. The summed E-state index contributed by atoms with van der Waals surface area (Å²) in [4.78, 5) is 29.1. The van der Waals surface area contributed by atoms with Crippen molar-refractivity contribution in [3.63, 3.8) is 0 Å². The minimum Gasteiger partial charge on any atom is -0.494 e. The van der Waals surface area contributed by atoms with Gasteiger partial charge in [-0.05, 0) is 64.6 Å². The Balaban J connectivity index is 1.36. The molecule has 2 N–H and O–H groups in total. The first-order valence-corrected chi connectivity index (χ1v) is 16.0. The number of rotatable bonds is 9. The fourth-order valence-electron chi connectivity index (χ4n) is 6.43. The van der Waals surface area contributed by atoms with Crippen molar-refractivity contribution < 1.29 is 9.53 Å². The van der Waals surface area contributed by atoms with Crippen LogP contribution in [0.5, 0.6) is 5.75 Å². The van der Waals surface area contributed by atoms with Crippen LogP contribution < -0.4 is 20.3 Å². The summed E-state index contributed by atoms with van der Waals surface area (Å²) >= 11 is 0. The van der Waals surface area contributed by atoms with Crippen molar-refractivity contribution in [2.45, 2.75) is 45.7 Å². The Kier molecular flexibility index (Phi) is 10.5. The number of aliphatic imine (C=N–C) groups is 2. The van der Waals surface area contributed by atoms with Crippen molar-refractivity contribution in [2.75, 3.05) is 61.9 Å². The summed E-state index contributed by atoms with van der Waals surface area (Å²) in [5, 5.41) is 11.7. The van der Waals surface area contributed by atoms with Gasteiger partial charge in [-0.2, -0.15) is 5.10 Å². The molecule has 0 unspecified atom stereocenters. The maximum absolute atomic E-state index is 12.6. The van der Waals surface area contributed by atoms with Crippen molar-refractivity contribution >= 4 is 52.2 Å². The van der Waals surface area contributed by atoms with E-state index in [1.54, 1.807) is 7.11 Å². The molecule has 0 saturated carbocycles. The Morgan fingerprint density at radius 3 is 2.43 bits per heavy atom. The number of aryl methyl sites for hydroxylation is 1. The van der Waals surface area contributed by atoms with Crippen LogP contribution in [0.15, 0.2) is 65.2 Å². The number of carbonyl (C=O) groups is 1. The molecule has 3 aromatic rings. The van der Waals surface area contributed by atoms with E-state index in [0.29, 0.717) is 35.2 Å². The number of hydrogen-bond donors (Lipinski definition) is 2. The van der Waals surface area contributed by atoms with Gasteiger partial charge < -0.3 is 20.3 Å². The zero-order valence-corrected chi connectivity index (χ0v) is 27.8. The number of anilines is 3. The smallest absolute Gasteiger partial charge is 0.247 e. The molecule has 2 aliphatic rings. The number of hydrogen-bond acceptors (Lipinski definition) is 7. The largest absolute Gasteiger partial charge is 0.494 e. The van der Waals surface area contributed by atoms with Crippen LogP contribution in [-0.4, -0.2) is 96.6 Å². The first-order chi connectivity index (χ1) is 22.2. The molecule has 2 aliphatic heterocycles. The van der Waals surface area contributed by atoms with Crippen LogP contribution in [-0.2, 0) is 11.8 Å². The second kappa shape index (κ2) is 14.7. The minimum absolute atomic E-state index is 0.284. The van der Waals surface area contributed by atoms with Crippen molar-refractivity contribution in [2.24, 2.45) is 17.0 Å². The van der Waals surface area contributed by atoms with Gasteiger partial charge in [0.25, 0.3) is 0 Å². The van der Waals surface area contributed by atoms with E-state index in [4.69, 9.17) is 9.73 Å². The van der Waals surface area contributed by atoms with Crippen LogP contribution in [0.25, 0.3) is 16.6 Å². The molecule has 0 bridgehead atoms. The third-order valence-electron chi connectivity index (χ3n) is 9.10. The van der Waals surface area contributed by atoms with E-state index in [9.17, 15) is 4.79 Å². The van der Waals surface area contributed by atoms with Crippen molar-refractivity contribution in [1.29, 1.82) is 0 Å². The third-order valence-corrected chi connectivity index (χ3v) is 9.10. The Labute approximate surface area is 272 Å². The van der Waals surface area contributed by atoms with Gasteiger partial charge in [0, 0.05) is 75.4 Å². The van der Waals surface area contributed by atoms with Crippen LogP contribution in [0.2, 0.25) is 0 Å². The van der Waals surface area contributed by atoms with Gasteiger partial charge >= 0.3 is 0 Å². The number of piperidine rings is 1. The number of allylic oxidation sites excluding steroid dienone is 1. The van der Waals surface area contributed by atoms with Crippen molar-refractivity contribution in [1.82, 2.24) is 19.6 Å². The zero-order chi connectivity index (χ0) is 32.8. The summed E-state index contributed by atoms with van der Waals surface area (Å²) in [6, 6.07) is 11.1. The quantitative estimate of drug-likeness (QED) is 0.191. The highest BCUT2D eigenvalue weighted by atomic mass is 16.5. The van der Waals surface area contributed by atoms with Crippen molar-refractivity contribution in [3.8, 4) is 5.75 Å². The molecule has 2 fully saturated rings. The molecular weight excluding hydrogens is 578 g/mol. The first-order valence-electron chi connectivity index (χ1n) is 16.0. The van der Waals surface area contributed by atoms with Gasteiger partial charge in [0.15, 0.2) is 0 Å². The molecule has 11 nitrogen and oxygen atoms in total. The lowest BCUT2D eigenvalue weighted by atomic mass is 10.0. The van der Waals surface area contributed by atoms with E-state index in [1.807, 2.05) is 55.2 Å². The number of aromatic nitrogens is 2. The molecule has 1 aromatic heterocycles. The maximum Gasteiger partial charge on any atom is 0.247 e. The molecule has 2 saturated heterocycles. The van der Waals surface area contributed by atoms with Crippen LogP contribution >= 0.6 is 0 Å². The summed E-state index contributed by atoms with van der Waals surface area (Å²) in [6.07, 6.45) is 7.16. The predicted octanol–water partition coefficient (Wildman–Crippen LogP) is 5.23. The third kappa shape index (κ3) is 7.32. The van der Waals surface area contributed by atoms with E-state index in [2.05, 4.69) is 68.6 Å². The van der Waals surface area contributed by atoms with Gasteiger partial charge in [-0.15, -0.1) is 0 Å². The standard InChI is InChI=1S/C35H47N9O2/c1-8-28(25-10-11-31-26(20-25)23-37-41(31)6)39-35(36-5)40-30-21-29(38-34(45)9-2)32(22-33(30)46-7)44-14-12-27(13-15-44)43-18-16-42(17-19-43)24(3)4/h8-11,20-24,27H,2,5,12-19H2,1,3-4,6-7H3,(H,38,45)(H,39,40)/b28-8-. The maximum atomic E-state index is 12.6. The summed E-state index contributed by atoms with van der Waals surface area (Å²) in [7, 11) is 3.55. The Hall–Kier alpha value is -4.48. The monoisotopic (exact) mass is 625 g/mol. The number of methoxy groups -OCH3 is 1. The Bertz CT molecular complexity index is 1620. The number of guanidine groups is 1. The highest BCUT2D eigenvalue weighted by Crippen LogP contribution is 2.39. The number of benzene rings is 2. The molecule has 3 heterocycles. The molecular formula is C35H47N9O2. The highest BCUT2D eigenvalue weighted by Gasteiger charge is 2.29. The SMILES string of the molecule is C=CC(=O)Nc1cc(N/C(N=C)=N/C(=C\C)c2ccc3c(cnn3C)c2)c(OC)cc1N1CCC(N2CCN(C(C)C)CC2)CC1. The Morgan fingerprint density at radius 2 is 1.80 bits per heavy atom. The predicted molar refractivity (Wildman–Crippen MR) is 190 cm³/mol. The summed E-state index contributed by atoms with van der Waals surface area (Å²) in [6.45, 7) is 20.1. The fraction of sp³-hybridized carbons (Fsp3) is 0.429. The molecule has 2 aromatic carbocycles. The summed E-state index contributed by atoms with van der Waals surface area (Å²) in [5.41, 5.74) is 4.87. The van der Waals surface area contributed by atoms with Gasteiger partial charge in [-0.1, -0.05) is 18.7 Å². The van der Waals surface area contributed by atoms with E-state index in [-0.39, 0.29) is 5.91 Å². The van der Waals surface area contributed by atoms with Crippen LogP contribution in [0.1, 0.15) is 39.2 Å². The number of carbonyl (C=O) groups excluding carboxylic acids is 1. The molecule has 0 aliphatic carbocycles. The van der Waals surface area contributed by atoms with Gasteiger partial charge in [0.2, 0.25) is 11.9 Å². The number of amides is 1. The lowest BCUT2D eigenvalue weighted by molar-refractivity contribution is -0.111. The normalized spacial score (nSPS) is 17.4. The van der Waals surface area contributed by atoms with Gasteiger partial charge in [-0.25, -0.2) is 9.98 Å². The van der Waals surface area contributed by atoms with Crippen LogP contribution in [0.4, 0.5) is 17.1 Å². The summed E-state index contributed by atoms with van der Waals surface area (Å²) in [5.74, 6) is 0.617. The molecule has 0 atom stereocenters. The second-order valence-electron chi connectivity index (χ2n) is 12.1. The van der Waals surface area contributed by atoms with Crippen molar-refractivity contribution in [3.05, 3.63) is 60.8 Å². The van der Waals surface area contributed by atoms with E-state index in [0.717, 1.165) is 80.0 Å². The number of fused-ring (bicyclic) bond motifs is 1. The molecule has 5 rings (SSSR count). The average Bonchev–Trinajstić information content (AvgIpc) is 3.46. The molecule has 0 spiro atoms. The fourth-order valence-corrected chi connectivity index (χ4v) is 6.43. The molecule has 46 heavy (non-hydrogen) atoms.